The van der Waals surface area contributed by atoms with Gasteiger partial charge in [-0.15, -0.1) is 11.3 Å². The molecule has 0 N–H and O–H groups in total. The van der Waals surface area contributed by atoms with Crippen LogP contribution in [0.3, 0.4) is 0 Å². The zero-order valence-electron chi connectivity index (χ0n) is 13.0. The molecule has 0 fully saturated rings. The van der Waals surface area contributed by atoms with E-state index in [9.17, 15) is 4.79 Å². The third-order valence-electron chi connectivity index (χ3n) is 3.51. The maximum atomic E-state index is 12.4. The van der Waals surface area contributed by atoms with Gasteiger partial charge in [-0.3, -0.25) is 9.78 Å². The number of aryl methyl sites for hydroxylation is 1. The molecule has 0 aliphatic heterocycles. The first-order valence-electron chi connectivity index (χ1n) is 7.26. The highest BCUT2D eigenvalue weighted by atomic mass is 32.1. The molecule has 0 aliphatic rings. The first-order chi connectivity index (χ1) is 11.1. The minimum atomic E-state index is 0.00276. The van der Waals surface area contributed by atoms with Crippen LogP contribution in [0.25, 0.3) is 10.8 Å². The molecule has 0 saturated carbocycles. The van der Waals surface area contributed by atoms with Crippen molar-refractivity contribution in [3.63, 3.8) is 0 Å². The number of amides is 1. The minimum Gasteiger partial charge on any atom is -0.440 e. The Morgan fingerprint density at radius 3 is 2.91 bits per heavy atom. The smallest absolute Gasteiger partial charge is 0.236 e. The fourth-order valence-electron chi connectivity index (χ4n) is 2.23. The minimum absolute atomic E-state index is 0.00276. The molecule has 3 aromatic heterocycles. The molecule has 1 amide bonds. The lowest BCUT2D eigenvalue weighted by Crippen LogP contribution is -2.28. The SMILES string of the molecule is Cc1oc(-c2cccs2)nc1CC(=O)N(C)Cc1cccnc1. The molecule has 0 atom stereocenters. The van der Waals surface area contributed by atoms with Crippen LogP contribution in [0.2, 0.25) is 0 Å². The lowest BCUT2D eigenvalue weighted by molar-refractivity contribution is -0.129. The van der Waals surface area contributed by atoms with Gasteiger partial charge in [0.15, 0.2) is 0 Å². The lowest BCUT2D eigenvalue weighted by atomic mass is 10.2. The average Bonchev–Trinajstić information content (AvgIpc) is 3.19. The molecule has 6 heteroatoms. The van der Waals surface area contributed by atoms with Crippen molar-refractivity contribution in [3.8, 4) is 10.8 Å². The van der Waals surface area contributed by atoms with E-state index in [2.05, 4.69) is 9.97 Å². The van der Waals surface area contributed by atoms with Crippen LogP contribution in [0.5, 0.6) is 0 Å². The third-order valence-corrected chi connectivity index (χ3v) is 4.37. The molecule has 0 aliphatic carbocycles. The predicted molar refractivity (Wildman–Crippen MR) is 89.0 cm³/mol. The van der Waals surface area contributed by atoms with Crippen LogP contribution in [0.4, 0.5) is 0 Å². The highest BCUT2D eigenvalue weighted by Crippen LogP contribution is 2.26. The monoisotopic (exact) mass is 327 g/mol. The molecule has 5 nitrogen and oxygen atoms in total. The van der Waals surface area contributed by atoms with E-state index in [1.807, 2.05) is 36.6 Å². The molecule has 0 aromatic carbocycles. The largest absolute Gasteiger partial charge is 0.440 e. The molecule has 3 aromatic rings. The fraction of sp³-hybridized carbons (Fsp3) is 0.235. The number of oxazole rings is 1. The summed E-state index contributed by atoms with van der Waals surface area (Å²) in [4.78, 5) is 23.6. The van der Waals surface area contributed by atoms with Gasteiger partial charge < -0.3 is 9.32 Å². The highest BCUT2D eigenvalue weighted by molar-refractivity contribution is 7.13. The summed E-state index contributed by atoms with van der Waals surface area (Å²) in [5.74, 6) is 1.27. The Bertz CT molecular complexity index is 782. The molecule has 0 radical (unpaired) electrons. The molecule has 0 unspecified atom stereocenters. The van der Waals surface area contributed by atoms with Crippen molar-refractivity contribution in [1.29, 1.82) is 0 Å². The molecular formula is C17H17N3O2S. The second-order valence-electron chi connectivity index (χ2n) is 5.29. The van der Waals surface area contributed by atoms with Gasteiger partial charge in [-0.25, -0.2) is 4.98 Å². The van der Waals surface area contributed by atoms with Crippen LogP contribution in [0.15, 0.2) is 46.5 Å². The number of carbonyl (C=O) groups excluding carboxylic acids is 1. The third kappa shape index (κ3) is 3.65. The zero-order valence-corrected chi connectivity index (χ0v) is 13.8. The quantitative estimate of drug-likeness (QED) is 0.721. The number of carbonyl (C=O) groups is 1. The Morgan fingerprint density at radius 2 is 2.22 bits per heavy atom. The molecule has 3 heterocycles. The second kappa shape index (κ2) is 6.75. The summed E-state index contributed by atoms with van der Waals surface area (Å²) in [7, 11) is 1.78. The summed E-state index contributed by atoms with van der Waals surface area (Å²) >= 11 is 1.57. The van der Waals surface area contributed by atoms with Gasteiger partial charge in [0.1, 0.15) is 5.76 Å². The second-order valence-corrected chi connectivity index (χ2v) is 6.23. The molecular weight excluding hydrogens is 310 g/mol. The van der Waals surface area contributed by atoms with Gasteiger partial charge >= 0.3 is 0 Å². The van der Waals surface area contributed by atoms with Gasteiger partial charge in [-0.2, -0.15) is 0 Å². The van der Waals surface area contributed by atoms with Gasteiger partial charge in [0.25, 0.3) is 0 Å². The Balaban J connectivity index is 1.68. The topological polar surface area (TPSA) is 59.2 Å². The van der Waals surface area contributed by atoms with Gasteiger partial charge in [-0.05, 0) is 30.0 Å². The van der Waals surface area contributed by atoms with Crippen LogP contribution in [-0.4, -0.2) is 27.8 Å². The van der Waals surface area contributed by atoms with Crippen molar-refractivity contribution in [2.45, 2.75) is 19.9 Å². The maximum Gasteiger partial charge on any atom is 0.236 e. The predicted octanol–water partition coefficient (Wildman–Crippen LogP) is 3.31. The lowest BCUT2D eigenvalue weighted by Gasteiger charge is -2.16. The van der Waals surface area contributed by atoms with E-state index < -0.39 is 0 Å². The van der Waals surface area contributed by atoms with Crippen molar-refractivity contribution >= 4 is 17.2 Å². The Hall–Kier alpha value is -2.47. The normalized spacial score (nSPS) is 10.7. The van der Waals surface area contributed by atoms with E-state index in [0.717, 1.165) is 10.4 Å². The van der Waals surface area contributed by atoms with Crippen LogP contribution in [-0.2, 0) is 17.8 Å². The van der Waals surface area contributed by atoms with Crippen LogP contribution >= 0.6 is 11.3 Å². The van der Waals surface area contributed by atoms with Gasteiger partial charge in [-0.1, -0.05) is 12.1 Å². The van der Waals surface area contributed by atoms with E-state index in [0.29, 0.717) is 23.9 Å². The first-order valence-corrected chi connectivity index (χ1v) is 8.14. The summed E-state index contributed by atoms with van der Waals surface area (Å²) in [6.45, 7) is 2.37. The van der Waals surface area contributed by atoms with Gasteiger partial charge in [0, 0.05) is 26.0 Å². The average molecular weight is 327 g/mol. The molecule has 0 saturated heterocycles. The summed E-state index contributed by atoms with van der Waals surface area (Å²) < 4.78 is 5.68. The molecule has 23 heavy (non-hydrogen) atoms. The summed E-state index contributed by atoms with van der Waals surface area (Å²) in [5.41, 5.74) is 1.69. The van der Waals surface area contributed by atoms with Gasteiger partial charge in [0.2, 0.25) is 11.8 Å². The maximum absolute atomic E-state index is 12.4. The zero-order chi connectivity index (χ0) is 16.2. The van der Waals surface area contributed by atoms with Crippen molar-refractivity contribution in [2.24, 2.45) is 0 Å². The van der Waals surface area contributed by atoms with E-state index in [1.54, 1.807) is 35.7 Å². The van der Waals surface area contributed by atoms with Crippen LogP contribution in [0, 0.1) is 6.92 Å². The Morgan fingerprint density at radius 1 is 1.35 bits per heavy atom. The van der Waals surface area contributed by atoms with Crippen molar-refractivity contribution in [3.05, 3.63) is 59.1 Å². The van der Waals surface area contributed by atoms with Crippen LogP contribution < -0.4 is 0 Å². The number of rotatable bonds is 5. The fourth-order valence-corrected chi connectivity index (χ4v) is 2.88. The molecule has 0 spiro atoms. The highest BCUT2D eigenvalue weighted by Gasteiger charge is 2.17. The molecule has 0 bridgehead atoms. The van der Waals surface area contributed by atoms with E-state index >= 15 is 0 Å². The first kappa shape index (κ1) is 15.4. The van der Waals surface area contributed by atoms with Crippen molar-refractivity contribution in [2.75, 3.05) is 7.05 Å². The standard InChI is InChI=1S/C17H17N3O2S/c1-12-14(19-17(22-12)15-6-4-8-23-15)9-16(21)20(2)11-13-5-3-7-18-10-13/h3-8,10H,9,11H2,1-2H3. The van der Waals surface area contributed by atoms with Crippen molar-refractivity contribution in [1.82, 2.24) is 14.9 Å². The summed E-state index contributed by atoms with van der Waals surface area (Å²) in [5, 5.41) is 1.97. The number of hydrogen-bond acceptors (Lipinski definition) is 5. The van der Waals surface area contributed by atoms with Gasteiger partial charge in [0.05, 0.1) is 17.0 Å². The molecule has 3 rings (SSSR count). The molecule has 118 valence electrons. The van der Waals surface area contributed by atoms with E-state index in [4.69, 9.17) is 4.42 Å². The number of nitrogens with zero attached hydrogens (tertiary/aromatic N) is 3. The number of aromatic nitrogens is 2. The summed E-state index contributed by atoms with van der Waals surface area (Å²) in [6, 6.07) is 7.72. The summed E-state index contributed by atoms with van der Waals surface area (Å²) in [6.07, 6.45) is 3.72. The van der Waals surface area contributed by atoms with Crippen molar-refractivity contribution < 1.29 is 9.21 Å². The number of thiophene rings is 1. The number of hydrogen-bond donors (Lipinski definition) is 0. The Labute approximate surface area is 138 Å². The Kier molecular flexibility index (Phi) is 4.52. The number of likely N-dealkylation sites (N-methyl/N-ethyl adjacent to an activating group) is 1. The number of pyridine rings is 1. The van der Waals surface area contributed by atoms with Crippen LogP contribution in [0.1, 0.15) is 17.0 Å². The van der Waals surface area contributed by atoms with E-state index in [-0.39, 0.29) is 12.3 Å². The van der Waals surface area contributed by atoms with E-state index in [1.165, 1.54) is 0 Å².